The second-order valence-corrected chi connectivity index (χ2v) is 7.38. The number of halogens is 2. The largest absolute Gasteiger partial charge is 0.349 e. The predicted molar refractivity (Wildman–Crippen MR) is 105 cm³/mol. The molecule has 0 aliphatic rings. The molecule has 0 aliphatic heterocycles. The minimum Gasteiger partial charge on any atom is -0.349 e. The van der Waals surface area contributed by atoms with E-state index in [1.807, 2.05) is 26.1 Å². The zero-order chi connectivity index (χ0) is 19.4. The van der Waals surface area contributed by atoms with Crippen molar-refractivity contribution in [1.29, 1.82) is 0 Å². The zero-order valence-corrected chi connectivity index (χ0v) is 16.4. The van der Waals surface area contributed by atoms with E-state index in [0.29, 0.717) is 16.0 Å². The Morgan fingerprint density at radius 1 is 1.19 bits per heavy atom. The van der Waals surface area contributed by atoms with Crippen molar-refractivity contribution < 1.29 is 9.18 Å². The molecule has 1 atom stereocenters. The second-order valence-electron chi connectivity index (χ2n) is 6.00. The maximum absolute atomic E-state index is 13.1. The Morgan fingerprint density at radius 2 is 1.85 bits per heavy atom. The topological polar surface area (TPSA) is 59.8 Å². The van der Waals surface area contributed by atoms with Gasteiger partial charge in [0, 0.05) is 17.6 Å². The van der Waals surface area contributed by atoms with Crippen LogP contribution in [0.15, 0.2) is 53.7 Å². The average molecular weight is 405 g/mol. The fourth-order valence-corrected chi connectivity index (χ4v) is 3.39. The van der Waals surface area contributed by atoms with Gasteiger partial charge in [-0.2, -0.15) is 0 Å². The van der Waals surface area contributed by atoms with Gasteiger partial charge in [-0.05, 0) is 48.9 Å². The summed E-state index contributed by atoms with van der Waals surface area (Å²) in [5.41, 5.74) is 1.74. The van der Waals surface area contributed by atoms with Gasteiger partial charge in [0.05, 0.1) is 11.8 Å². The van der Waals surface area contributed by atoms with Crippen LogP contribution in [-0.4, -0.2) is 26.4 Å². The standard InChI is InChI=1S/C19H18ClFN4OS/c1-12(13-3-7-15(20)8-4-13)22-17(26)11-27-19-24-23-18(25(19)2)14-5-9-16(21)10-6-14/h3-10,12H,11H2,1-2H3,(H,22,26)/t12-/m0/s1. The zero-order valence-electron chi connectivity index (χ0n) is 14.8. The van der Waals surface area contributed by atoms with Gasteiger partial charge in [-0.1, -0.05) is 35.5 Å². The molecule has 1 amide bonds. The molecule has 5 nitrogen and oxygen atoms in total. The first-order valence-electron chi connectivity index (χ1n) is 8.27. The molecular formula is C19H18ClFN4OS. The number of rotatable bonds is 6. The summed E-state index contributed by atoms with van der Waals surface area (Å²) in [5, 5.41) is 12.5. The monoisotopic (exact) mass is 404 g/mol. The summed E-state index contributed by atoms with van der Waals surface area (Å²) >= 11 is 7.18. The van der Waals surface area contributed by atoms with Gasteiger partial charge in [-0.3, -0.25) is 4.79 Å². The van der Waals surface area contributed by atoms with Gasteiger partial charge >= 0.3 is 0 Å². The molecule has 3 aromatic rings. The van der Waals surface area contributed by atoms with Gasteiger partial charge in [-0.25, -0.2) is 4.39 Å². The molecule has 0 unspecified atom stereocenters. The van der Waals surface area contributed by atoms with Crippen molar-refractivity contribution in [3.63, 3.8) is 0 Å². The molecule has 140 valence electrons. The molecule has 0 saturated carbocycles. The third kappa shape index (κ3) is 4.87. The highest BCUT2D eigenvalue weighted by molar-refractivity contribution is 7.99. The number of benzene rings is 2. The van der Waals surface area contributed by atoms with Crippen LogP contribution in [-0.2, 0) is 11.8 Å². The van der Waals surface area contributed by atoms with E-state index in [1.165, 1.54) is 23.9 Å². The van der Waals surface area contributed by atoms with Crippen LogP contribution in [0.2, 0.25) is 5.02 Å². The summed E-state index contributed by atoms with van der Waals surface area (Å²) in [6.45, 7) is 1.92. The van der Waals surface area contributed by atoms with Crippen molar-refractivity contribution in [2.45, 2.75) is 18.1 Å². The number of carbonyl (C=O) groups is 1. The third-order valence-electron chi connectivity index (χ3n) is 4.02. The Morgan fingerprint density at radius 3 is 2.52 bits per heavy atom. The van der Waals surface area contributed by atoms with Crippen molar-refractivity contribution in [3.05, 3.63) is 64.9 Å². The van der Waals surface area contributed by atoms with E-state index in [-0.39, 0.29) is 23.5 Å². The molecule has 0 saturated heterocycles. The van der Waals surface area contributed by atoms with Crippen molar-refractivity contribution >= 4 is 29.3 Å². The normalized spacial score (nSPS) is 12.0. The Kier molecular flexibility index (Phi) is 6.13. The molecule has 1 N–H and O–H groups in total. The summed E-state index contributed by atoms with van der Waals surface area (Å²) in [7, 11) is 1.81. The summed E-state index contributed by atoms with van der Waals surface area (Å²) in [6, 6.07) is 13.3. The fourth-order valence-electron chi connectivity index (χ4n) is 2.54. The highest BCUT2D eigenvalue weighted by Crippen LogP contribution is 2.23. The average Bonchev–Trinajstić information content (AvgIpc) is 3.02. The first-order chi connectivity index (χ1) is 12.9. The smallest absolute Gasteiger partial charge is 0.230 e. The number of hydrogen-bond donors (Lipinski definition) is 1. The lowest BCUT2D eigenvalue weighted by Gasteiger charge is -2.14. The number of thioether (sulfide) groups is 1. The van der Waals surface area contributed by atoms with Gasteiger partial charge in [0.1, 0.15) is 5.82 Å². The van der Waals surface area contributed by atoms with E-state index in [4.69, 9.17) is 11.6 Å². The lowest BCUT2D eigenvalue weighted by atomic mass is 10.1. The summed E-state index contributed by atoms with van der Waals surface area (Å²) in [6.07, 6.45) is 0. The molecule has 1 aromatic heterocycles. The number of hydrogen-bond acceptors (Lipinski definition) is 4. The van der Waals surface area contributed by atoms with Crippen LogP contribution in [0.1, 0.15) is 18.5 Å². The van der Waals surface area contributed by atoms with Crippen LogP contribution >= 0.6 is 23.4 Å². The number of nitrogens with zero attached hydrogens (tertiary/aromatic N) is 3. The second kappa shape index (κ2) is 8.54. The number of carbonyl (C=O) groups excluding carboxylic acids is 1. The molecule has 0 radical (unpaired) electrons. The van der Waals surface area contributed by atoms with Gasteiger partial charge in [0.15, 0.2) is 11.0 Å². The summed E-state index contributed by atoms with van der Waals surface area (Å²) < 4.78 is 14.9. The Bertz CT molecular complexity index is 928. The maximum atomic E-state index is 13.1. The fraction of sp³-hybridized carbons (Fsp3) is 0.211. The molecule has 3 rings (SSSR count). The van der Waals surface area contributed by atoms with Crippen molar-refractivity contribution in [2.75, 3.05) is 5.75 Å². The maximum Gasteiger partial charge on any atom is 0.230 e. The van der Waals surface area contributed by atoms with E-state index in [0.717, 1.165) is 11.1 Å². The van der Waals surface area contributed by atoms with Gasteiger partial charge < -0.3 is 9.88 Å². The number of amides is 1. The van der Waals surface area contributed by atoms with Crippen LogP contribution in [0.4, 0.5) is 4.39 Å². The van der Waals surface area contributed by atoms with E-state index in [2.05, 4.69) is 15.5 Å². The van der Waals surface area contributed by atoms with Gasteiger partial charge in [0.2, 0.25) is 5.91 Å². The van der Waals surface area contributed by atoms with Crippen molar-refractivity contribution in [2.24, 2.45) is 7.05 Å². The molecule has 0 aliphatic carbocycles. The van der Waals surface area contributed by atoms with Crippen molar-refractivity contribution in [1.82, 2.24) is 20.1 Å². The molecule has 8 heteroatoms. The highest BCUT2D eigenvalue weighted by Gasteiger charge is 2.14. The van der Waals surface area contributed by atoms with Crippen LogP contribution in [0.25, 0.3) is 11.4 Å². The van der Waals surface area contributed by atoms with E-state index in [9.17, 15) is 9.18 Å². The van der Waals surface area contributed by atoms with Crippen LogP contribution in [0.5, 0.6) is 0 Å². The molecule has 0 spiro atoms. The Balaban J connectivity index is 1.59. The molecular weight excluding hydrogens is 387 g/mol. The number of aromatic nitrogens is 3. The highest BCUT2D eigenvalue weighted by atomic mass is 35.5. The van der Waals surface area contributed by atoms with Crippen LogP contribution in [0.3, 0.4) is 0 Å². The van der Waals surface area contributed by atoms with Gasteiger partial charge in [-0.15, -0.1) is 10.2 Å². The quantitative estimate of drug-likeness (QED) is 0.624. The first-order valence-corrected chi connectivity index (χ1v) is 9.63. The van der Waals surface area contributed by atoms with Crippen molar-refractivity contribution in [3.8, 4) is 11.4 Å². The lowest BCUT2D eigenvalue weighted by Crippen LogP contribution is -2.28. The van der Waals surface area contributed by atoms with Gasteiger partial charge in [0.25, 0.3) is 0 Å². The minimum atomic E-state index is -0.304. The van der Waals surface area contributed by atoms with Crippen LogP contribution in [0, 0.1) is 5.82 Å². The first kappa shape index (κ1) is 19.4. The number of nitrogens with one attached hydrogen (secondary N) is 1. The molecule has 1 heterocycles. The van der Waals surface area contributed by atoms with E-state index >= 15 is 0 Å². The van der Waals surface area contributed by atoms with E-state index < -0.39 is 0 Å². The summed E-state index contributed by atoms with van der Waals surface area (Å²) in [5.74, 6) is 0.427. The summed E-state index contributed by atoms with van der Waals surface area (Å²) in [4.78, 5) is 12.2. The molecule has 0 fully saturated rings. The Hall–Kier alpha value is -2.38. The lowest BCUT2D eigenvalue weighted by molar-refractivity contribution is -0.119. The minimum absolute atomic E-state index is 0.103. The molecule has 27 heavy (non-hydrogen) atoms. The molecule has 0 bridgehead atoms. The van der Waals surface area contributed by atoms with E-state index in [1.54, 1.807) is 28.8 Å². The predicted octanol–water partition coefficient (Wildman–Crippen LogP) is 4.24. The van der Waals surface area contributed by atoms with Crippen LogP contribution < -0.4 is 5.32 Å². The molecule has 2 aromatic carbocycles. The Labute approximate surface area is 166 Å². The SMILES string of the molecule is C[C@H](NC(=O)CSc1nnc(-c2ccc(F)cc2)n1C)c1ccc(Cl)cc1. The third-order valence-corrected chi connectivity index (χ3v) is 5.29.